The monoisotopic (exact) mass is 349 g/mol. The molecule has 0 saturated carbocycles. The average molecular weight is 350 g/mol. The first-order valence-electron chi connectivity index (χ1n) is 6.54. The van der Waals surface area contributed by atoms with Gasteiger partial charge in [0, 0.05) is 11.4 Å². The molecule has 0 saturated heterocycles. The molecule has 110 valence electrons. The summed E-state index contributed by atoms with van der Waals surface area (Å²) in [6.45, 7) is 4.15. The summed E-state index contributed by atoms with van der Waals surface area (Å²) in [5, 5.41) is 11.8. The second-order valence-electron chi connectivity index (χ2n) is 4.87. The molecule has 0 bridgehead atoms. The normalized spacial score (nSPS) is 10.4. The lowest BCUT2D eigenvalue weighted by molar-refractivity contribution is -0.385. The summed E-state index contributed by atoms with van der Waals surface area (Å²) in [5.41, 5.74) is 3.91. The first-order valence-corrected chi connectivity index (χ1v) is 7.66. The van der Waals surface area contributed by atoms with E-state index in [1.54, 1.807) is 18.2 Å². The van der Waals surface area contributed by atoms with Gasteiger partial charge in [0.15, 0.2) is 0 Å². The van der Waals surface area contributed by atoms with Gasteiger partial charge in [0.1, 0.15) is 12.4 Å². The SMILES string of the molecule is Cc1cc(CBr)cc(C)c1OCc1ccccc1[N+](=O)[O-]. The van der Waals surface area contributed by atoms with Crippen LogP contribution in [0.4, 0.5) is 5.69 Å². The molecule has 0 unspecified atom stereocenters. The highest BCUT2D eigenvalue weighted by atomic mass is 79.9. The summed E-state index contributed by atoms with van der Waals surface area (Å²) in [7, 11) is 0. The van der Waals surface area contributed by atoms with E-state index in [0.717, 1.165) is 22.2 Å². The number of alkyl halides is 1. The molecule has 0 amide bonds. The van der Waals surface area contributed by atoms with Crippen molar-refractivity contribution in [1.29, 1.82) is 0 Å². The fourth-order valence-electron chi connectivity index (χ4n) is 2.31. The van der Waals surface area contributed by atoms with Gasteiger partial charge in [0.25, 0.3) is 5.69 Å². The zero-order valence-electron chi connectivity index (χ0n) is 11.9. The highest BCUT2D eigenvalue weighted by Gasteiger charge is 2.14. The van der Waals surface area contributed by atoms with Crippen LogP contribution in [0.2, 0.25) is 0 Å². The van der Waals surface area contributed by atoms with Crippen LogP contribution in [0.3, 0.4) is 0 Å². The van der Waals surface area contributed by atoms with Gasteiger partial charge in [0.05, 0.1) is 10.5 Å². The predicted molar refractivity (Wildman–Crippen MR) is 86.0 cm³/mol. The van der Waals surface area contributed by atoms with Gasteiger partial charge >= 0.3 is 0 Å². The van der Waals surface area contributed by atoms with Crippen LogP contribution in [0.15, 0.2) is 36.4 Å². The Morgan fingerprint density at radius 3 is 2.38 bits per heavy atom. The number of ether oxygens (including phenoxy) is 1. The number of nitrogens with zero attached hydrogens (tertiary/aromatic N) is 1. The Morgan fingerprint density at radius 2 is 1.81 bits per heavy atom. The third kappa shape index (κ3) is 3.61. The lowest BCUT2D eigenvalue weighted by Gasteiger charge is -2.13. The van der Waals surface area contributed by atoms with E-state index >= 15 is 0 Å². The van der Waals surface area contributed by atoms with E-state index in [2.05, 4.69) is 28.1 Å². The number of hydrogen-bond acceptors (Lipinski definition) is 3. The van der Waals surface area contributed by atoms with Crippen molar-refractivity contribution >= 4 is 21.6 Å². The topological polar surface area (TPSA) is 52.4 Å². The molecule has 21 heavy (non-hydrogen) atoms. The zero-order valence-corrected chi connectivity index (χ0v) is 13.5. The van der Waals surface area contributed by atoms with E-state index in [-0.39, 0.29) is 17.2 Å². The molecule has 0 aliphatic carbocycles. The lowest BCUT2D eigenvalue weighted by Crippen LogP contribution is -2.02. The number of para-hydroxylation sites is 1. The van der Waals surface area contributed by atoms with Gasteiger partial charge in [-0.3, -0.25) is 10.1 Å². The highest BCUT2D eigenvalue weighted by molar-refractivity contribution is 9.08. The minimum absolute atomic E-state index is 0.0879. The summed E-state index contributed by atoms with van der Waals surface area (Å²) in [5.74, 6) is 0.790. The molecule has 2 aromatic rings. The van der Waals surface area contributed by atoms with Crippen LogP contribution >= 0.6 is 15.9 Å². The third-order valence-electron chi connectivity index (χ3n) is 3.23. The molecule has 0 radical (unpaired) electrons. The molecule has 5 heteroatoms. The molecule has 4 nitrogen and oxygen atoms in total. The number of nitro groups is 1. The van der Waals surface area contributed by atoms with Crippen LogP contribution in [-0.2, 0) is 11.9 Å². The van der Waals surface area contributed by atoms with Gasteiger partial charge in [-0.05, 0) is 36.6 Å². The Morgan fingerprint density at radius 1 is 1.19 bits per heavy atom. The number of hydrogen-bond donors (Lipinski definition) is 0. The van der Waals surface area contributed by atoms with E-state index in [1.165, 1.54) is 11.6 Å². The van der Waals surface area contributed by atoms with Crippen molar-refractivity contribution in [3.63, 3.8) is 0 Å². The molecule has 0 aliphatic rings. The predicted octanol–water partition coefficient (Wildman–Crippen LogP) is 4.69. The fraction of sp³-hybridized carbons (Fsp3) is 0.250. The Kier molecular flexibility index (Phi) is 4.96. The van der Waals surface area contributed by atoms with Crippen LogP contribution in [0.1, 0.15) is 22.3 Å². The summed E-state index contributed by atoms with van der Waals surface area (Å²) < 4.78 is 5.82. The Balaban J connectivity index is 2.23. The highest BCUT2D eigenvalue weighted by Crippen LogP contribution is 2.28. The minimum Gasteiger partial charge on any atom is -0.488 e. The molecular formula is C16H16BrNO3. The first kappa shape index (κ1) is 15.5. The third-order valence-corrected chi connectivity index (χ3v) is 3.88. The van der Waals surface area contributed by atoms with E-state index in [9.17, 15) is 10.1 Å². The Hall–Kier alpha value is -1.88. The van der Waals surface area contributed by atoms with Crippen LogP contribution in [0.25, 0.3) is 0 Å². The van der Waals surface area contributed by atoms with Gasteiger partial charge in [-0.15, -0.1) is 0 Å². The van der Waals surface area contributed by atoms with Crippen LogP contribution < -0.4 is 4.74 Å². The number of halogens is 1. The van der Waals surface area contributed by atoms with Crippen molar-refractivity contribution in [2.45, 2.75) is 25.8 Å². The van der Waals surface area contributed by atoms with E-state index in [0.29, 0.717) is 5.56 Å². The molecule has 0 atom stereocenters. The summed E-state index contributed by atoms with van der Waals surface area (Å²) in [6, 6.07) is 10.7. The van der Waals surface area contributed by atoms with Crippen molar-refractivity contribution in [1.82, 2.24) is 0 Å². The van der Waals surface area contributed by atoms with Crippen molar-refractivity contribution in [2.75, 3.05) is 0 Å². The second kappa shape index (κ2) is 6.72. The molecule has 0 fully saturated rings. The van der Waals surface area contributed by atoms with E-state index < -0.39 is 0 Å². The van der Waals surface area contributed by atoms with E-state index in [4.69, 9.17) is 4.74 Å². The molecular weight excluding hydrogens is 334 g/mol. The molecule has 2 rings (SSSR count). The van der Waals surface area contributed by atoms with Gasteiger partial charge in [0.2, 0.25) is 0 Å². The lowest BCUT2D eigenvalue weighted by atomic mass is 10.1. The van der Waals surface area contributed by atoms with Gasteiger partial charge < -0.3 is 4.74 Å². The average Bonchev–Trinajstić information content (AvgIpc) is 2.46. The molecule has 2 aromatic carbocycles. The molecule has 0 heterocycles. The van der Waals surface area contributed by atoms with Crippen molar-refractivity contribution in [3.05, 3.63) is 68.8 Å². The number of nitro benzene ring substituents is 1. The van der Waals surface area contributed by atoms with Crippen LogP contribution in [-0.4, -0.2) is 4.92 Å². The first-order chi connectivity index (χ1) is 10.0. The van der Waals surface area contributed by atoms with Crippen molar-refractivity contribution < 1.29 is 9.66 Å². The van der Waals surface area contributed by atoms with Crippen LogP contribution in [0.5, 0.6) is 5.75 Å². The Labute approximate surface area is 132 Å². The molecule has 0 N–H and O–H groups in total. The second-order valence-corrected chi connectivity index (χ2v) is 5.43. The van der Waals surface area contributed by atoms with Gasteiger partial charge in [-0.1, -0.05) is 40.2 Å². The molecule has 0 aromatic heterocycles. The summed E-state index contributed by atoms with van der Waals surface area (Å²) in [6.07, 6.45) is 0. The van der Waals surface area contributed by atoms with Gasteiger partial charge in [-0.2, -0.15) is 0 Å². The number of rotatable bonds is 5. The number of benzene rings is 2. The zero-order chi connectivity index (χ0) is 15.4. The van der Waals surface area contributed by atoms with Crippen LogP contribution in [0, 0.1) is 24.0 Å². The largest absolute Gasteiger partial charge is 0.488 e. The molecule has 0 aliphatic heterocycles. The van der Waals surface area contributed by atoms with E-state index in [1.807, 2.05) is 13.8 Å². The maximum absolute atomic E-state index is 11.0. The standard InChI is InChI=1S/C16H16BrNO3/c1-11-7-13(9-17)8-12(2)16(11)21-10-14-5-3-4-6-15(14)18(19)20/h3-8H,9-10H2,1-2H3. The molecule has 0 spiro atoms. The summed E-state index contributed by atoms with van der Waals surface area (Å²) >= 11 is 3.44. The fourth-order valence-corrected chi connectivity index (χ4v) is 2.63. The smallest absolute Gasteiger partial charge is 0.276 e. The summed E-state index contributed by atoms with van der Waals surface area (Å²) in [4.78, 5) is 10.6. The van der Waals surface area contributed by atoms with Crippen molar-refractivity contribution in [3.8, 4) is 5.75 Å². The van der Waals surface area contributed by atoms with Gasteiger partial charge in [-0.25, -0.2) is 0 Å². The van der Waals surface area contributed by atoms with Crippen molar-refractivity contribution in [2.24, 2.45) is 0 Å². The minimum atomic E-state index is -0.383. The quantitative estimate of drug-likeness (QED) is 0.447. The Bertz CT molecular complexity index is 647. The maximum atomic E-state index is 11.0. The number of aryl methyl sites for hydroxylation is 2. The maximum Gasteiger partial charge on any atom is 0.276 e.